The van der Waals surface area contributed by atoms with Crippen LogP contribution in [0.3, 0.4) is 0 Å². The van der Waals surface area contributed by atoms with Gasteiger partial charge in [-0.3, -0.25) is 0 Å². The van der Waals surface area contributed by atoms with E-state index in [2.05, 4.69) is 10.1 Å². The summed E-state index contributed by atoms with van der Waals surface area (Å²) in [5.74, 6) is -0.986. The van der Waals surface area contributed by atoms with Crippen molar-refractivity contribution in [2.45, 2.75) is 18.6 Å². The summed E-state index contributed by atoms with van der Waals surface area (Å²) in [7, 11) is 1.22. The number of alkyl halides is 6. The summed E-state index contributed by atoms with van der Waals surface area (Å²) >= 11 is 0. The van der Waals surface area contributed by atoms with Gasteiger partial charge in [0.1, 0.15) is 18.2 Å². The Balaban J connectivity index is 1.65. The summed E-state index contributed by atoms with van der Waals surface area (Å²) < 4.78 is 86.8. The van der Waals surface area contributed by atoms with Crippen molar-refractivity contribution >= 4 is 12.2 Å². The number of ether oxygens (including phenoxy) is 2. The molecule has 0 saturated carbocycles. The monoisotopic (exact) mass is 436 g/mol. The standard InChI is InChI=1S/C17H14F6N4O3/c1-29-12-5-10(4-11(6-12)16(18,19)20)15-24-9-27(25-15)3-2-14(28)30-13-7-26(8-13)17(21,22)23/h2-6,9,13H,7-8H2,1H3/b3-2-. The lowest BCUT2D eigenvalue weighted by Gasteiger charge is -2.38. The average Bonchev–Trinajstić information content (AvgIpc) is 3.09. The van der Waals surface area contributed by atoms with Crippen LogP contribution in [0.4, 0.5) is 26.3 Å². The molecule has 2 aromatic rings. The average molecular weight is 436 g/mol. The molecule has 0 spiro atoms. The van der Waals surface area contributed by atoms with E-state index in [1.165, 1.54) is 13.2 Å². The number of rotatable bonds is 5. The first-order valence-corrected chi connectivity index (χ1v) is 8.34. The van der Waals surface area contributed by atoms with E-state index in [-0.39, 0.29) is 22.0 Å². The maximum absolute atomic E-state index is 13.0. The van der Waals surface area contributed by atoms with Gasteiger partial charge in [0.2, 0.25) is 0 Å². The lowest BCUT2D eigenvalue weighted by Crippen LogP contribution is -2.58. The second-order valence-corrected chi connectivity index (χ2v) is 6.24. The second kappa shape index (κ2) is 7.97. The molecule has 30 heavy (non-hydrogen) atoms. The van der Waals surface area contributed by atoms with E-state index in [9.17, 15) is 31.1 Å². The highest BCUT2D eigenvalue weighted by Crippen LogP contribution is 2.34. The molecule has 0 amide bonds. The maximum Gasteiger partial charge on any atom is 0.460 e. The molecular weight excluding hydrogens is 422 g/mol. The number of hydrogen-bond acceptors (Lipinski definition) is 6. The van der Waals surface area contributed by atoms with Gasteiger partial charge in [0.05, 0.1) is 12.7 Å². The molecule has 0 atom stereocenters. The molecule has 1 saturated heterocycles. The van der Waals surface area contributed by atoms with Crippen molar-refractivity contribution in [3.63, 3.8) is 0 Å². The number of likely N-dealkylation sites (tertiary alicyclic amines) is 1. The first-order chi connectivity index (χ1) is 14.0. The minimum Gasteiger partial charge on any atom is -0.497 e. The Morgan fingerprint density at radius 1 is 1.17 bits per heavy atom. The van der Waals surface area contributed by atoms with Crippen molar-refractivity contribution in [2.24, 2.45) is 0 Å². The fraction of sp³-hybridized carbons (Fsp3) is 0.353. The van der Waals surface area contributed by atoms with Crippen LogP contribution in [0, 0.1) is 0 Å². The van der Waals surface area contributed by atoms with Gasteiger partial charge in [-0.15, -0.1) is 5.10 Å². The molecule has 3 rings (SSSR count). The van der Waals surface area contributed by atoms with E-state index >= 15 is 0 Å². The lowest BCUT2D eigenvalue weighted by molar-refractivity contribution is -0.284. The molecule has 1 aromatic heterocycles. The molecule has 1 aliphatic rings. The van der Waals surface area contributed by atoms with Gasteiger partial charge in [-0.2, -0.15) is 26.3 Å². The first kappa shape index (κ1) is 21.6. The Labute approximate surface area is 165 Å². The summed E-state index contributed by atoms with van der Waals surface area (Å²) in [6, 6.07) is 3.00. The summed E-state index contributed by atoms with van der Waals surface area (Å²) in [4.78, 5) is 15.8. The summed E-state index contributed by atoms with van der Waals surface area (Å²) in [5.41, 5.74) is -0.904. The maximum atomic E-state index is 13.0. The van der Waals surface area contributed by atoms with Crippen LogP contribution in [-0.2, 0) is 15.7 Å². The Morgan fingerprint density at radius 2 is 1.87 bits per heavy atom. The Hall–Kier alpha value is -3.09. The SMILES string of the molecule is COc1cc(-c2ncn(/C=C\C(=O)OC3CN(C(F)(F)F)C3)n2)cc(C(F)(F)F)c1. The van der Waals surface area contributed by atoms with Crippen molar-refractivity contribution in [3.8, 4) is 17.1 Å². The van der Waals surface area contributed by atoms with Gasteiger partial charge in [0, 0.05) is 30.9 Å². The summed E-state index contributed by atoms with van der Waals surface area (Å²) in [6.45, 7) is -0.901. The van der Waals surface area contributed by atoms with E-state index < -0.39 is 43.2 Å². The number of nitrogens with zero attached hydrogens (tertiary/aromatic N) is 4. The third-order valence-corrected chi connectivity index (χ3v) is 4.09. The Bertz CT molecular complexity index is 948. The highest BCUT2D eigenvalue weighted by atomic mass is 19.4. The minimum absolute atomic E-state index is 0.0382. The number of aromatic nitrogens is 3. The zero-order valence-electron chi connectivity index (χ0n) is 15.2. The van der Waals surface area contributed by atoms with Crippen molar-refractivity contribution in [2.75, 3.05) is 20.2 Å². The van der Waals surface area contributed by atoms with Gasteiger partial charge in [0.15, 0.2) is 5.82 Å². The molecule has 0 unspecified atom stereocenters. The van der Waals surface area contributed by atoms with E-state index in [0.717, 1.165) is 35.4 Å². The number of carbonyl (C=O) groups excluding carboxylic acids is 1. The molecular formula is C17H14F6N4O3. The molecule has 2 heterocycles. The Kier molecular flexibility index (Phi) is 5.74. The molecule has 0 aliphatic carbocycles. The highest BCUT2D eigenvalue weighted by molar-refractivity contribution is 5.85. The minimum atomic E-state index is -4.60. The molecule has 1 fully saturated rings. The topological polar surface area (TPSA) is 69.5 Å². The molecule has 1 aliphatic heterocycles. The molecule has 1 aromatic carbocycles. The van der Waals surface area contributed by atoms with Crippen molar-refractivity contribution in [1.29, 1.82) is 0 Å². The van der Waals surface area contributed by atoms with Crippen molar-refractivity contribution < 1.29 is 40.6 Å². The number of methoxy groups -OCH3 is 1. The van der Waals surface area contributed by atoms with Crippen molar-refractivity contribution in [1.82, 2.24) is 19.7 Å². The predicted molar refractivity (Wildman–Crippen MR) is 89.9 cm³/mol. The fourth-order valence-corrected chi connectivity index (χ4v) is 2.55. The fourth-order valence-electron chi connectivity index (χ4n) is 2.55. The first-order valence-electron chi connectivity index (χ1n) is 8.34. The van der Waals surface area contributed by atoms with E-state index in [1.807, 2.05) is 0 Å². The van der Waals surface area contributed by atoms with Gasteiger partial charge in [-0.05, 0) is 18.2 Å². The van der Waals surface area contributed by atoms with Crippen LogP contribution in [0.2, 0.25) is 0 Å². The van der Waals surface area contributed by atoms with E-state index in [0.29, 0.717) is 0 Å². The van der Waals surface area contributed by atoms with Crippen LogP contribution >= 0.6 is 0 Å². The smallest absolute Gasteiger partial charge is 0.460 e. The zero-order chi connectivity index (χ0) is 22.1. The molecule has 7 nitrogen and oxygen atoms in total. The normalized spacial score (nSPS) is 16.0. The largest absolute Gasteiger partial charge is 0.497 e. The van der Waals surface area contributed by atoms with Crippen molar-refractivity contribution in [3.05, 3.63) is 36.2 Å². The van der Waals surface area contributed by atoms with Crippen LogP contribution < -0.4 is 4.74 Å². The van der Waals surface area contributed by atoms with Crippen LogP contribution in [0.15, 0.2) is 30.6 Å². The van der Waals surface area contributed by atoms with Gasteiger partial charge in [0.25, 0.3) is 0 Å². The number of hydrogen-bond donors (Lipinski definition) is 0. The third-order valence-electron chi connectivity index (χ3n) is 4.09. The molecule has 162 valence electrons. The summed E-state index contributed by atoms with van der Waals surface area (Å²) in [6.07, 6.45) is -6.78. The van der Waals surface area contributed by atoms with Crippen LogP contribution in [0.25, 0.3) is 17.6 Å². The lowest BCUT2D eigenvalue weighted by atomic mass is 10.1. The molecule has 13 heteroatoms. The molecule has 0 N–H and O–H groups in total. The van der Waals surface area contributed by atoms with Crippen LogP contribution in [0.1, 0.15) is 5.56 Å². The summed E-state index contributed by atoms with van der Waals surface area (Å²) in [5, 5.41) is 3.94. The third kappa shape index (κ3) is 5.09. The Morgan fingerprint density at radius 3 is 2.47 bits per heavy atom. The molecule has 0 radical (unpaired) electrons. The second-order valence-electron chi connectivity index (χ2n) is 6.24. The van der Waals surface area contributed by atoms with Gasteiger partial charge >= 0.3 is 18.4 Å². The van der Waals surface area contributed by atoms with Gasteiger partial charge < -0.3 is 9.47 Å². The van der Waals surface area contributed by atoms with Gasteiger partial charge in [-0.1, -0.05) is 0 Å². The number of carbonyl (C=O) groups is 1. The molecule has 0 bridgehead atoms. The van der Waals surface area contributed by atoms with E-state index in [4.69, 9.17) is 9.47 Å². The number of benzene rings is 1. The number of halogens is 6. The van der Waals surface area contributed by atoms with Crippen LogP contribution in [-0.4, -0.2) is 58.2 Å². The zero-order valence-corrected chi connectivity index (χ0v) is 15.2. The van der Waals surface area contributed by atoms with Gasteiger partial charge in [-0.25, -0.2) is 19.4 Å². The van der Waals surface area contributed by atoms with E-state index in [1.54, 1.807) is 0 Å². The predicted octanol–water partition coefficient (Wildman–Crippen LogP) is 3.19. The number of esters is 1. The van der Waals surface area contributed by atoms with Crippen LogP contribution in [0.5, 0.6) is 5.75 Å². The quantitative estimate of drug-likeness (QED) is 0.310. The highest BCUT2D eigenvalue weighted by Gasteiger charge is 2.46.